The Morgan fingerprint density at radius 2 is 1.95 bits per heavy atom. The zero-order chi connectivity index (χ0) is 15.5. The van der Waals surface area contributed by atoms with E-state index >= 15 is 0 Å². The highest BCUT2D eigenvalue weighted by molar-refractivity contribution is 6.01. The molecule has 8 nitrogen and oxygen atoms in total. The van der Waals surface area contributed by atoms with Gasteiger partial charge in [0.05, 0.1) is 0 Å². The maximum atomic E-state index is 11.6. The molecule has 0 atom stereocenters. The number of aliphatic carboxylic acids is 1. The summed E-state index contributed by atoms with van der Waals surface area (Å²) in [6.45, 7) is 2.98. The standard InChI is InChI=1S/C12H19N3O5/c1-12(2,10(18)19)13-8(16)5-4-6-15-9(17)7-14(3)11(15)20/h4-7H2,1-3H3,(H,13,16)(H,18,19). The minimum absolute atomic E-state index is 0.0527. The van der Waals surface area contributed by atoms with E-state index in [2.05, 4.69) is 5.32 Å². The van der Waals surface area contributed by atoms with Crippen LogP contribution >= 0.6 is 0 Å². The number of hydrogen-bond donors (Lipinski definition) is 2. The summed E-state index contributed by atoms with van der Waals surface area (Å²) in [5, 5.41) is 11.2. The first-order chi connectivity index (χ1) is 9.15. The van der Waals surface area contributed by atoms with Crippen molar-refractivity contribution in [3.05, 3.63) is 0 Å². The maximum absolute atomic E-state index is 11.6. The van der Waals surface area contributed by atoms with Gasteiger partial charge >= 0.3 is 12.0 Å². The Hall–Kier alpha value is -2.12. The van der Waals surface area contributed by atoms with Gasteiger partial charge in [-0.2, -0.15) is 0 Å². The molecule has 1 saturated heterocycles. The van der Waals surface area contributed by atoms with Gasteiger partial charge in [-0.05, 0) is 20.3 Å². The third kappa shape index (κ3) is 3.69. The monoisotopic (exact) mass is 285 g/mol. The number of carbonyl (C=O) groups is 4. The number of imide groups is 1. The van der Waals surface area contributed by atoms with Crippen molar-refractivity contribution in [2.24, 2.45) is 0 Å². The minimum atomic E-state index is -1.34. The van der Waals surface area contributed by atoms with Gasteiger partial charge in [0, 0.05) is 20.0 Å². The first-order valence-corrected chi connectivity index (χ1v) is 6.25. The molecule has 1 fully saturated rings. The molecule has 0 aromatic rings. The van der Waals surface area contributed by atoms with Gasteiger partial charge in [-0.1, -0.05) is 0 Å². The van der Waals surface area contributed by atoms with Gasteiger partial charge in [0.15, 0.2) is 0 Å². The Bertz CT molecular complexity index is 446. The molecule has 1 heterocycles. The number of carboxylic acid groups (broad SMARTS) is 1. The van der Waals surface area contributed by atoms with Crippen LogP contribution in [-0.4, -0.2) is 64.4 Å². The van der Waals surface area contributed by atoms with E-state index in [4.69, 9.17) is 5.11 Å². The van der Waals surface area contributed by atoms with Crippen molar-refractivity contribution in [2.75, 3.05) is 20.1 Å². The molecule has 20 heavy (non-hydrogen) atoms. The van der Waals surface area contributed by atoms with Crippen LogP contribution in [0, 0.1) is 0 Å². The van der Waals surface area contributed by atoms with Gasteiger partial charge in [-0.25, -0.2) is 9.59 Å². The Morgan fingerprint density at radius 3 is 2.40 bits per heavy atom. The van der Waals surface area contributed by atoms with Crippen molar-refractivity contribution in [1.82, 2.24) is 15.1 Å². The second kappa shape index (κ2) is 5.89. The van der Waals surface area contributed by atoms with Crippen LogP contribution in [0.4, 0.5) is 4.79 Å². The van der Waals surface area contributed by atoms with E-state index in [1.807, 2.05) is 0 Å². The van der Waals surface area contributed by atoms with Gasteiger partial charge in [0.2, 0.25) is 11.8 Å². The Kier molecular flexibility index (Phi) is 4.69. The molecule has 2 N–H and O–H groups in total. The lowest BCUT2D eigenvalue weighted by Crippen LogP contribution is -2.49. The molecule has 1 rings (SSSR count). The van der Waals surface area contributed by atoms with Crippen molar-refractivity contribution >= 4 is 23.8 Å². The summed E-state index contributed by atoms with van der Waals surface area (Å²) in [6, 6.07) is -0.374. The van der Waals surface area contributed by atoms with Crippen molar-refractivity contribution in [2.45, 2.75) is 32.2 Å². The molecular weight excluding hydrogens is 266 g/mol. The van der Waals surface area contributed by atoms with Crippen molar-refractivity contribution < 1.29 is 24.3 Å². The van der Waals surface area contributed by atoms with E-state index in [-0.39, 0.29) is 31.4 Å². The molecule has 0 aromatic heterocycles. The second-order valence-electron chi connectivity index (χ2n) is 5.27. The van der Waals surface area contributed by atoms with Gasteiger partial charge in [-0.3, -0.25) is 14.5 Å². The second-order valence-corrected chi connectivity index (χ2v) is 5.27. The number of carbonyl (C=O) groups excluding carboxylic acids is 3. The normalized spacial score (nSPS) is 15.8. The number of carboxylic acids is 1. The molecule has 0 spiro atoms. The molecule has 4 amide bonds. The van der Waals surface area contributed by atoms with E-state index in [1.165, 1.54) is 25.8 Å². The highest BCUT2D eigenvalue weighted by Crippen LogP contribution is 2.09. The summed E-state index contributed by atoms with van der Waals surface area (Å²) < 4.78 is 0. The fourth-order valence-corrected chi connectivity index (χ4v) is 1.75. The van der Waals surface area contributed by atoms with Gasteiger partial charge in [0.1, 0.15) is 12.1 Å². The Balaban J connectivity index is 2.38. The van der Waals surface area contributed by atoms with Crippen LogP contribution in [0.2, 0.25) is 0 Å². The van der Waals surface area contributed by atoms with Crippen LogP contribution in [0.25, 0.3) is 0 Å². The third-order valence-electron chi connectivity index (χ3n) is 3.00. The van der Waals surface area contributed by atoms with Crippen molar-refractivity contribution in [1.29, 1.82) is 0 Å². The molecule has 0 unspecified atom stereocenters. The molecule has 8 heteroatoms. The predicted octanol–water partition coefficient (Wildman–Crippen LogP) is -0.360. The zero-order valence-electron chi connectivity index (χ0n) is 11.8. The largest absolute Gasteiger partial charge is 0.480 e. The van der Waals surface area contributed by atoms with Crippen molar-refractivity contribution in [3.63, 3.8) is 0 Å². The summed E-state index contributed by atoms with van der Waals surface area (Å²) in [7, 11) is 1.53. The molecule has 0 saturated carbocycles. The van der Waals surface area contributed by atoms with Gasteiger partial charge in [-0.15, -0.1) is 0 Å². The van der Waals surface area contributed by atoms with Crippen LogP contribution in [-0.2, 0) is 14.4 Å². The summed E-state index contributed by atoms with van der Waals surface area (Å²) in [6.07, 6.45) is 0.352. The first kappa shape index (κ1) is 15.9. The van der Waals surface area contributed by atoms with Crippen LogP contribution < -0.4 is 5.32 Å². The number of nitrogens with one attached hydrogen (secondary N) is 1. The molecule has 0 aromatic carbocycles. The van der Waals surface area contributed by atoms with Crippen molar-refractivity contribution in [3.8, 4) is 0 Å². The van der Waals surface area contributed by atoms with Gasteiger partial charge < -0.3 is 15.3 Å². The molecule has 1 aliphatic heterocycles. The van der Waals surface area contributed by atoms with E-state index < -0.39 is 17.4 Å². The van der Waals surface area contributed by atoms with E-state index in [9.17, 15) is 19.2 Å². The number of likely N-dealkylation sites (N-methyl/N-ethyl adjacent to an activating group) is 1. The summed E-state index contributed by atoms with van der Waals surface area (Å²) in [5.74, 6) is -1.84. The predicted molar refractivity (Wildman–Crippen MR) is 68.8 cm³/mol. The molecule has 0 radical (unpaired) electrons. The maximum Gasteiger partial charge on any atom is 0.328 e. The minimum Gasteiger partial charge on any atom is -0.480 e. The van der Waals surface area contributed by atoms with Gasteiger partial charge in [0.25, 0.3) is 0 Å². The summed E-state index contributed by atoms with van der Waals surface area (Å²) in [4.78, 5) is 47.9. The number of nitrogens with zero attached hydrogens (tertiary/aromatic N) is 2. The number of hydrogen-bond acceptors (Lipinski definition) is 4. The smallest absolute Gasteiger partial charge is 0.328 e. The third-order valence-corrected chi connectivity index (χ3v) is 3.00. The SMILES string of the molecule is CN1CC(=O)N(CCCC(=O)NC(C)(C)C(=O)O)C1=O. The van der Waals surface area contributed by atoms with Crippen LogP contribution in [0.15, 0.2) is 0 Å². The Morgan fingerprint density at radius 1 is 1.35 bits per heavy atom. The lowest BCUT2D eigenvalue weighted by atomic mass is 10.1. The van der Waals surface area contributed by atoms with Crippen LogP contribution in [0.1, 0.15) is 26.7 Å². The summed E-state index contributed by atoms with van der Waals surface area (Å²) >= 11 is 0. The molecule has 1 aliphatic rings. The van der Waals surface area contributed by atoms with E-state index in [1.54, 1.807) is 0 Å². The lowest BCUT2D eigenvalue weighted by Gasteiger charge is -2.21. The summed E-state index contributed by atoms with van der Waals surface area (Å²) in [5.41, 5.74) is -1.34. The quantitative estimate of drug-likeness (QED) is 0.648. The fraction of sp³-hybridized carbons (Fsp3) is 0.667. The van der Waals surface area contributed by atoms with E-state index in [0.717, 1.165) is 4.90 Å². The fourth-order valence-electron chi connectivity index (χ4n) is 1.75. The lowest BCUT2D eigenvalue weighted by molar-refractivity contribution is -0.146. The highest BCUT2D eigenvalue weighted by Gasteiger charge is 2.33. The molecular formula is C12H19N3O5. The first-order valence-electron chi connectivity index (χ1n) is 6.25. The highest BCUT2D eigenvalue weighted by atomic mass is 16.4. The van der Waals surface area contributed by atoms with Crippen LogP contribution in [0.3, 0.4) is 0 Å². The average Bonchev–Trinajstić information content (AvgIpc) is 2.54. The molecule has 0 bridgehead atoms. The van der Waals surface area contributed by atoms with Crippen LogP contribution in [0.5, 0.6) is 0 Å². The molecule has 112 valence electrons. The number of amides is 4. The zero-order valence-corrected chi connectivity index (χ0v) is 11.8. The molecule has 0 aliphatic carbocycles. The average molecular weight is 285 g/mol. The topological polar surface area (TPSA) is 107 Å². The Labute approximate surface area is 116 Å². The number of urea groups is 1. The van der Waals surface area contributed by atoms with E-state index in [0.29, 0.717) is 6.42 Å². The number of rotatable bonds is 6.